The second-order valence-corrected chi connectivity index (χ2v) is 16.2. The van der Waals surface area contributed by atoms with E-state index in [1.165, 1.54) is 38.1 Å². The lowest BCUT2D eigenvalue weighted by atomic mass is 9.97. The van der Waals surface area contributed by atoms with Gasteiger partial charge in [0.25, 0.3) is 0 Å². The summed E-state index contributed by atoms with van der Waals surface area (Å²) in [7, 11) is 0. The van der Waals surface area contributed by atoms with Crippen LogP contribution < -0.4 is 0 Å². The summed E-state index contributed by atoms with van der Waals surface area (Å²) in [6.07, 6.45) is 1.48. The Morgan fingerprint density at radius 1 is 0.441 bits per heavy atom. The molecule has 0 aliphatic heterocycles. The smallest absolute Gasteiger partial charge is 0.338 e. The first kappa shape index (κ1) is 41.3. The molecule has 0 heterocycles. The number of hydrogen-bond acceptors (Lipinski definition) is 5. The Morgan fingerprint density at radius 2 is 0.831 bits per heavy atom. The van der Waals surface area contributed by atoms with Gasteiger partial charge in [0.1, 0.15) is 12.2 Å². The molecule has 5 heteroatoms. The van der Waals surface area contributed by atoms with Gasteiger partial charge in [-0.2, -0.15) is 0 Å². The van der Waals surface area contributed by atoms with Crippen LogP contribution in [0.4, 0.5) is 0 Å². The lowest BCUT2D eigenvalue weighted by molar-refractivity contribution is 0.0328. The van der Waals surface area contributed by atoms with Crippen molar-refractivity contribution in [3.05, 3.63) is 185 Å². The number of carbonyl (C=O) groups excluding carboxylic acids is 2. The van der Waals surface area contributed by atoms with Gasteiger partial charge >= 0.3 is 11.9 Å². The first-order valence-corrected chi connectivity index (χ1v) is 21.2. The van der Waals surface area contributed by atoms with Gasteiger partial charge in [-0.1, -0.05) is 113 Å². The summed E-state index contributed by atoms with van der Waals surface area (Å²) >= 11 is 4.70. The summed E-state index contributed by atoms with van der Waals surface area (Å²) in [5, 5.41) is 9.34. The first-order chi connectivity index (χ1) is 28.5. The SMILES string of the molecule is CCC(C)c1ccc(C(=O)OC(C)c2cc(S)c3cc4ccccc4cc3c2)cc1.CCC(C)c1ccc(C(=O)OC(C)c2ccc3cc4ccccc4cc3c2)cc1. The van der Waals surface area contributed by atoms with Crippen LogP contribution in [0.15, 0.2) is 157 Å². The van der Waals surface area contributed by atoms with Gasteiger partial charge < -0.3 is 9.47 Å². The summed E-state index contributed by atoms with van der Waals surface area (Å²) in [5.41, 5.74) is 5.59. The highest BCUT2D eigenvalue weighted by Gasteiger charge is 2.17. The lowest BCUT2D eigenvalue weighted by Gasteiger charge is -2.16. The molecule has 0 bridgehead atoms. The minimum atomic E-state index is -0.367. The van der Waals surface area contributed by atoms with Crippen molar-refractivity contribution >= 4 is 67.7 Å². The van der Waals surface area contributed by atoms with Crippen molar-refractivity contribution in [1.29, 1.82) is 0 Å². The molecule has 4 unspecified atom stereocenters. The monoisotopic (exact) mass is 796 g/mol. The highest BCUT2D eigenvalue weighted by molar-refractivity contribution is 7.80. The van der Waals surface area contributed by atoms with Gasteiger partial charge in [-0.05, 0) is 171 Å². The Morgan fingerprint density at radius 3 is 1.32 bits per heavy atom. The van der Waals surface area contributed by atoms with Gasteiger partial charge in [0.05, 0.1) is 11.1 Å². The summed E-state index contributed by atoms with van der Waals surface area (Å²) in [4.78, 5) is 26.1. The minimum Gasteiger partial charge on any atom is -0.454 e. The van der Waals surface area contributed by atoms with Crippen LogP contribution in [0.2, 0.25) is 0 Å². The molecule has 0 saturated carbocycles. The van der Waals surface area contributed by atoms with Crippen LogP contribution in [0, 0.1) is 0 Å². The molecule has 0 radical (unpaired) electrons. The molecule has 0 fully saturated rings. The van der Waals surface area contributed by atoms with E-state index >= 15 is 0 Å². The van der Waals surface area contributed by atoms with Crippen LogP contribution in [-0.4, -0.2) is 11.9 Å². The third-order valence-corrected chi connectivity index (χ3v) is 12.1. The second kappa shape index (κ2) is 18.3. The molecule has 0 amide bonds. The number of carbonyl (C=O) groups is 2. The average Bonchev–Trinajstić information content (AvgIpc) is 3.27. The van der Waals surface area contributed by atoms with Crippen molar-refractivity contribution in [2.75, 3.05) is 0 Å². The molecular formula is C54H52O4S. The topological polar surface area (TPSA) is 52.6 Å². The number of fused-ring (bicyclic) bond motifs is 4. The van der Waals surface area contributed by atoms with Crippen LogP contribution in [0.1, 0.15) is 121 Å². The Kier molecular flexibility index (Phi) is 12.8. The van der Waals surface area contributed by atoms with Gasteiger partial charge in [0.2, 0.25) is 0 Å². The van der Waals surface area contributed by atoms with Gasteiger partial charge in [-0.15, -0.1) is 12.6 Å². The molecule has 8 aromatic carbocycles. The van der Waals surface area contributed by atoms with E-state index in [0.717, 1.165) is 45.0 Å². The zero-order valence-corrected chi connectivity index (χ0v) is 35.6. The number of benzene rings is 8. The van der Waals surface area contributed by atoms with Crippen molar-refractivity contribution in [1.82, 2.24) is 0 Å². The van der Waals surface area contributed by atoms with Crippen molar-refractivity contribution < 1.29 is 19.1 Å². The summed E-state index contributed by atoms with van der Waals surface area (Å²) in [6, 6.07) is 51.2. The quantitative estimate of drug-likeness (QED) is 0.0851. The van der Waals surface area contributed by atoms with Crippen LogP contribution in [-0.2, 0) is 9.47 Å². The molecule has 8 aromatic rings. The van der Waals surface area contributed by atoms with Gasteiger partial charge in [-0.25, -0.2) is 9.59 Å². The number of hydrogen-bond donors (Lipinski definition) is 1. The molecule has 0 aliphatic carbocycles. The lowest BCUT2D eigenvalue weighted by Crippen LogP contribution is -2.09. The summed E-state index contributed by atoms with van der Waals surface area (Å²) in [6.45, 7) is 12.5. The molecule has 0 saturated heterocycles. The fraction of sp³-hybridized carbons (Fsp3) is 0.222. The van der Waals surface area contributed by atoms with Crippen LogP contribution in [0.25, 0.3) is 43.1 Å². The highest BCUT2D eigenvalue weighted by Crippen LogP contribution is 2.33. The maximum Gasteiger partial charge on any atom is 0.338 e. The maximum absolute atomic E-state index is 12.7. The Balaban J connectivity index is 0.000000179. The number of ether oxygens (including phenoxy) is 2. The summed E-state index contributed by atoms with van der Waals surface area (Å²) in [5.74, 6) is 0.383. The Hall–Kier alpha value is -5.91. The van der Waals surface area contributed by atoms with Gasteiger partial charge in [-0.3, -0.25) is 0 Å². The van der Waals surface area contributed by atoms with Crippen molar-refractivity contribution in [2.24, 2.45) is 0 Å². The molecule has 298 valence electrons. The largest absolute Gasteiger partial charge is 0.454 e. The molecule has 0 N–H and O–H groups in total. The van der Waals surface area contributed by atoms with E-state index in [1.54, 1.807) is 0 Å². The molecule has 4 atom stereocenters. The zero-order chi connectivity index (χ0) is 41.6. The molecule has 0 spiro atoms. The molecule has 59 heavy (non-hydrogen) atoms. The van der Waals surface area contributed by atoms with Crippen molar-refractivity contribution in [2.45, 2.75) is 83.3 Å². The van der Waals surface area contributed by atoms with E-state index in [0.29, 0.717) is 23.0 Å². The van der Waals surface area contributed by atoms with Crippen molar-refractivity contribution in [3.63, 3.8) is 0 Å². The second-order valence-electron chi connectivity index (χ2n) is 15.7. The van der Waals surface area contributed by atoms with Crippen LogP contribution in [0.3, 0.4) is 0 Å². The molecule has 8 rings (SSSR count). The molecule has 0 aromatic heterocycles. The first-order valence-electron chi connectivity index (χ1n) is 20.7. The molecule has 4 nitrogen and oxygen atoms in total. The third kappa shape index (κ3) is 9.53. The minimum absolute atomic E-state index is 0.285. The third-order valence-electron chi connectivity index (χ3n) is 11.7. The van der Waals surface area contributed by atoms with E-state index in [1.807, 2.05) is 86.6 Å². The van der Waals surface area contributed by atoms with Crippen molar-refractivity contribution in [3.8, 4) is 0 Å². The fourth-order valence-corrected chi connectivity index (χ4v) is 7.80. The van der Waals surface area contributed by atoms with E-state index in [9.17, 15) is 9.59 Å². The van der Waals surface area contributed by atoms with E-state index in [4.69, 9.17) is 22.1 Å². The summed E-state index contributed by atoms with van der Waals surface area (Å²) < 4.78 is 11.5. The number of thiol groups is 1. The average molecular weight is 797 g/mol. The standard InChI is InChI=1S/C27H26O2S.C27H26O2/c1-4-17(2)19-9-11-20(12-10-19)27(28)29-18(3)23-14-24-13-21-7-5-6-8-22(21)15-25(24)26(30)16-23;1-4-18(2)20-9-11-21(12-10-20)27(28)29-19(3)22-13-14-25-16-23-7-5-6-8-24(23)17-26(25)15-22/h5-18,30H,4H2,1-3H3;5-19H,4H2,1-3H3. The number of esters is 2. The van der Waals surface area contributed by atoms with Crippen LogP contribution >= 0.6 is 12.6 Å². The zero-order valence-electron chi connectivity index (χ0n) is 34.7. The predicted octanol–water partition coefficient (Wildman–Crippen LogP) is 15.1. The van der Waals surface area contributed by atoms with E-state index < -0.39 is 0 Å². The highest BCUT2D eigenvalue weighted by atomic mass is 32.1. The van der Waals surface area contributed by atoms with Crippen LogP contribution in [0.5, 0.6) is 0 Å². The Bertz CT molecular complexity index is 2750. The number of rotatable bonds is 10. The maximum atomic E-state index is 12.7. The molecular weight excluding hydrogens is 745 g/mol. The normalized spacial score (nSPS) is 13.3. The Labute approximate surface area is 353 Å². The van der Waals surface area contributed by atoms with E-state index in [2.05, 4.69) is 107 Å². The molecule has 0 aliphatic rings. The van der Waals surface area contributed by atoms with Gasteiger partial charge in [0, 0.05) is 4.90 Å². The van der Waals surface area contributed by atoms with Gasteiger partial charge in [0.15, 0.2) is 0 Å². The van der Waals surface area contributed by atoms with E-state index in [-0.39, 0.29) is 24.1 Å². The predicted molar refractivity (Wildman–Crippen MR) is 248 cm³/mol. The fourth-order valence-electron chi connectivity index (χ4n) is 7.46.